The fraction of sp³-hybridized carbons (Fsp3) is 0.189. The minimum Gasteiger partial charge on any atom is -0.451 e. The van der Waals surface area contributed by atoms with E-state index in [1.54, 1.807) is 45.8 Å². The summed E-state index contributed by atoms with van der Waals surface area (Å²) in [6, 6.07) is 12.5. The number of furan rings is 2. The molecule has 6 aromatic heterocycles. The van der Waals surface area contributed by atoms with E-state index in [0.29, 0.717) is 85.6 Å². The number of thiophene rings is 2. The highest BCUT2D eigenvalue weighted by molar-refractivity contribution is 7.88. The number of halogens is 4. The van der Waals surface area contributed by atoms with Crippen molar-refractivity contribution in [2.75, 3.05) is 20.1 Å². The van der Waals surface area contributed by atoms with Gasteiger partial charge in [-0.1, -0.05) is 58.6 Å². The zero-order chi connectivity index (χ0) is 41.1. The molecule has 6 heterocycles. The van der Waals surface area contributed by atoms with Crippen molar-refractivity contribution in [1.29, 1.82) is 0 Å². The van der Waals surface area contributed by atoms with Crippen molar-refractivity contribution >= 4 is 144 Å². The van der Waals surface area contributed by atoms with Crippen molar-refractivity contribution < 1.29 is 34.8 Å². The van der Waals surface area contributed by atoms with E-state index in [9.17, 15) is 25.9 Å². The highest BCUT2D eigenvalue weighted by Crippen LogP contribution is 2.42. The second kappa shape index (κ2) is 16.0. The van der Waals surface area contributed by atoms with Gasteiger partial charge in [0.25, 0.3) is 0 Å². The Morgan fingerprint density at radius 3 is 1.48 bits per heavy atom. The van der Waals surface area contributed by atoms with Gasteiger partial charge >= 0.3 is 20.2 Å². The molecular weight excluding hydrogens is 913 g/mol. The summed E-state index contributed by atoms with van der Waals surface area (Å²) in [5.74, 6) is 0. The van der Waals surface area contributed by atoms with E-state index in [1.807, 2.05) is 24.3 Å². The molecule has 0 saturated heterocycles. The van der Waals surface area contributed by atoms with Gasteiger partial charge in [0.15, 0.2) is 19.6 Å². The second-order valence-electron chi connectivity index (χ2n) is 13.2. The molecule has 13 nitrogen and oxygen atoms in total. The molecule has 8 rings (SSSR count). The molecule has 302 valence electrons. The molecule has 0 spiro atoms. The number of rotatable bonds is 14. The first-order valence-electron chi connectivity index (χ1n) is 17.3. The van der Waals surface area contributed by atoms with Crippen molar-refractivity contribution in [3.05, 3.63) is 92.2 Å². The quantitative estimate of drug-likeness (QED) is 0.0784. The largest absolute Gasteiger partial charge is 0.451 e. The molecule has 0 unspecified atom stereocenters. The topological polar surface area (TPSA) is 174 Å². The molecule has 0 aliphatic heterocycles. The Labute approximate surface area is 358 Å². The first-order chi connectivity index (χ1) is 27.6. The van der Waals surface area contributed by atoms with Crippen molar-refractivity contribution in [1.82, 2.24) is 24.5 Å². The SMILES string of the molecule is CN(CCC/C=C/c1nn(-c2ccc(Cl)cc2Cl)c2c1oc1cc(S(=O)(=O)O)sc12)CCC/C=C/c1nn(-c2ccc(Cl)cc2Cl)c2c1oc1cc(S(=O)(=O)O)sc12. The number of hydrogen-bond acceptors (Lipinski definition) is 11. The number of hydrogen-bond donors (Lipinski definition) is 2. The Hall–Kier alpha value is -3.72. The molecule has 58 heavy (non-hydrogen) atoms. The van der Waals surface area contributed by atoms with Crippen LogP contribution < -0.4 is 0 Å². The molecule has 0 amide bonds. The molecule has 0 radical (unpaired) electrons. The van der Waals surface area contributed by atoms with Gasteiger partial charge in [-0.25, -0.2) is 9.36 Å². The van der Waals surface area contributed by atoms with Gasteiger partial charge in [0.2, 0.25) is 0 Å². The summed E-state index contributed by atoms with van der Waals surface area (Å²) in [6.07, 6.45) is 11.0. The summed E-state index contributed by atoms with van der Waals surface area (Å²) in [5, 5.41) is 11.1. The summed E-state index contributed by atoms with van der Waals surface area (Å²) in [6.45, 7) is 1.68. The van der Waals surface area contributed by atoms with Crippen LogP contribution in [-0.4, -0.2) is 70.5 Å². The standard InChI is InChI=1S/C37H29Cl4N5O8S4/c1-44(14-6-2-4-8-24-34-32(36-28(53-34)18-30(55-36)57(47,48)49)45(42-24)26-12-10-20(38)16-22(26)40)15-7-3-5-9-25-35-33(37-29(54-35)19-31(56-37)58(50,51)52)46(43-25)27-13-11-21(39)17-23(27)41/h4-5,8-13,16-19H,2-3,6-7,14-15H2,1H3,(H,47,48,49)(H,50,51,52)/b8-4+,9-5+. The lowest BCUT2D eigenvalue weighted by Gasteiger charge is -2.15. The van der Waals surface area contributed by atoms with Crippen LogP contribution in [0.3, 0.4) is 0 Å². The lowest BCUT2D eigenvalue weighted by atomic mass is 10.2. The number of fused-ring (bicyclic) bond motifs is 6. The normalized spacial score (nSPS) is 13.1. The van der Waals surface area contributed by atoms with Crippen LogP contribution in [0.2, 0.25) is 20.1 Å². The molecule has 2 aromatic carbocycles. The summed E-state index contributed by atoms with van der Waals surface area (Å²) < 4.78 is 82.4. The Kier molecular flexibility index (Phi) is 11.3. The van der Waals surface area contributed by atoms with E-state index in [1.165, 1.54) is 12.1 Å². The van der Waals surface area contributed by atoms with Gasteiger partial charge in [-0.3, -0.25) is 9.11 Å². The van der Waals surface area contributed by atoms with E-state index in [0.717, 1.165) is 61.4 Å². The van der Waals surface area contributed by atoms with Crippen LogP contribution in [0, 0.1) is 0 Å². The van der Waals surface area contributed by atoms with Gasteiger partial charge in [0.1, 0.15) is 43.0 Å². The molecule has 0 aliphatic rings. The highest BCUT2D eigenvalue weighted by atomic mass is 35.5. The molecule has 0 aliphatic carbocycles. The first kappa shape index (κ1) is 41.0. The van der Waals surface area contributed by atoms with Gasteiger partial charge in [-0.05, 0) is 94.4 Å². The average molecular weight is 942 g/mol. The molecule has 0 bridgehead atoms. The van der Waals surface area contributed by atoms with Crippen LogP contribution in [0.4, 0.5) is 0 Å². The third-order valence-electron chi connectivity index (χ3n) is 9.10. The van der Waals surface area contributed by atoms with Crippen molar-refractivity contribution in [2.24, 2.45) is 0 Å². The fourth-order valence-electron chi connectivity index (χ4n) is 6.44. The summed E-state index contributed by atoms with van der Waals surface area (Å²) in [5.41, 5.74) is 4.69. The highest BCUT2D eigenvalue weighted by Gasteiger charge is 2.26. The van der Waals surface area contributed by atoms with Gasteiger partial charge in [-0.2, -0.15) is 27.0 Å². The third kappa shape index (κ3) is 8.10. The minimum atomic E-state index is -4.43. The van der Waals surface area contributed by atoms with E-state index in [4.69, 9.17) is 65.4 Å². The van der Waals surface area contributed by atoms with E-state index in [2.05, 4.69) is 11.9 Å². The van der Waals surface area contributed by atoms with E-state index in [-0.39, 0.29) is 8.42 Å². The molecule has 0 saturated carbocycles. The summed E-state index contributed by atoms with van der Waals surface area (Å²) >= 11 is 27.1. The maximum atomic E-state index is 11.8. The van der Waals surface area contributed by atoms with Crippen LogP contribution in [0.5, 0.6) is 0 Å². The van der Waals surface area contributed by atoms with Crippen molar-refractivity contribution in [3.8, 4) is 11.4 Å². The van der Waals surface area contributed by atoms with Gasteiger partial charge in [0.05, 0.1) is 21.4 Å². The zero-order valence-electron chi connectivity index (χ0n) is 29.9. The molecule has 0 atom stereocenters. The van der Waals surface area contributed by atoms with Crippen LogP contribution in [0.15, 0.2) is 77.9 Å². The zero-order valence-corrected chi connectivity index (χ0v) is 36.2. The van der Waals surface area contributed by atoms with Crippen molar-refractivity contribution in [2.45, 2.75) is 34.1 Å². The third-order valence-corrected chi connectivity index (χ3v) is 15.0. The number of aromatic nitrogens is 4. The summed E-state index contributed by atoms with van der Waals surface area (Å²) in [4.78, 5) is 2.24. The average Bonchev–Trinajstić information content (AvgIpc) is 3.97. The number of unbranched alkanes of at least 4 members (excludes halogenated alkanes) is 2. The Balaban J connectivity index is 0.911. The lowest BCUT2D eigenvalue weighted by Crippen LogP contribution is -2.20. The number of allylic oxidation sites excluding steroid dienone is 2. The molecule has 21 heteroatoms. The second-order valence-corrected chi connectivity index (χ2v) is 20.3. The van der Waals surface area contributed by atoms with Gasteiger partial charge in [0, 0.05) is 22.2 Å². The Morgan fingerprint density at radius 1 is 0.690 bits per heavy atom. The summed E-state index contributed by atoms with van der Waals surface area (Å²) in [7, 11) is -6.80. The number of benzene rings is 2. The molecular formula is C37H29Cl4N5O8S4. The molecule has 8 aromatic rings. The maximum absolute atomic E-state index is 11.8. The maximum Gasteiger partial charge on any atom is 0.304 e. The number of nitrogens with zero attached hydrogens (tertiary/aromatic N) is 5. The Morgan fingerprint density at radius 2 is 1.10 bits per heavy atom. The van der Waals surface area contributed by atoms with Crippen LogP contribution in [0.25, 0.3) is 66.3 Å². The van der Waals surface area contributed by atoms with Gasteiger partial charge in [-0.15, -0.1) is 22.7 Å². The Bertz CT molecular complexity index is 2960. The predicted octanol–water partition coefficient (Wildman–Crippen LogP) is 11.3. The fourth-order valence-corrected chi connectivity index (χ4v) is 11.0. The van der Waals surface area contributed by atoms with Gasteiger partial charge < -0.3 is 13.7 Å². The predicted molar refractivity (Wildman–Crippen MR) is 231 cm³/mol. The first-order valence-corrected chi connectivity index (χ1v) is 23.4. The minimum absolute atomic E-state index is 0.237. The smallest absolute Gasteiger partial charge is 0.304 e. The van der Waals surface area contributed by atoms with Crippen molar-refractivity contribution in [3.63, 3.8) is 0 Å². The van der Waals surface area contributed by atoms with Crippen LogP contribution in [0.1, 0.15) is 37.1 Å². The lowest BCUT2D eigenvalue weighted by molar-refractivity contribution is 0.327. The van der Waals surface area contributed by atoms with Crippen LogP contribution in [-0.2, 0) is 20.2 Å². The van der Waals surface area contributed by atoms with E-state index >= 15 is 0 Å². The monoisotopic (exact) mass is 939 g/mol. The van der Waals surface area contributed by atoms with E-state index < -0.39 is 20.2 Å². The molecule has 0 fully saturated rings. The molecule has 2 N–H and O–H groups in total. The van der Waals surface area contributed by atoms with Crippen LogP contribution >= 0.6 is 69.1 Å².